The maximum Gasteiger partial charge on any atom is 0.259 e. The van der Waals surface area contributed by atoms with Crippen molar-refractivity contribution in [3.05, 3.63) is 48.2 Å². The van der Waals surface area contributed by atoms with Gasteiger partial charge in [-0.3, -0.25) is 0 Å². The van der Waals surface area contributed by atoms with Crippen LogP contribution in [0, 0.1) is 5.92 Å². The van der Waals surface area contributed by atoms with Gasteiger partial charge in [0.25, 0.3) is 5.78 Å². The number of nitrogens with zero attached hydrogens (tertiary/aromatic N) is 5. The minimum absolute atomic E-state index is 0.0914. The number of nitrogen functional groups attached to an aromatic ring is 1. The molecule has 10 heteroatoms. The van der Waals surface area contributed by atoms with E-state index < -0.39 is 5.60 Å². The summed E-state index contributed by atoms with van der Waals surface area (Å²) < 4.78 is 12.6. The molecule has 4 N–H and O–H groups in total. The van der Waals surface area contributed by atoms with E-state index in [1.807, 2.05) is 38.1 Å². The fourth-order valence-corrected chi connectivity index (χ4v) is 3.08. The third-order valence-corrected chi connectivity index (χ3v) is 4.70. The predicted molar refractivity (Wildman–Crippen MR) is 136 cm³/mol. The zero-order valence-electron chi connectivity index (χ0n) is 21.0. The summed E-state index contributed by atoms with van der Waals surface area (Å²) in [4.78, 5) is 13.0. The van der Waals surface area contributed by atoms with E-state index in [0.717, 1.165) is 23.7 Å². The van der Waals surface area contributed by atoms with Crippen LogP contribution in [0.4, 0.5) is 11.9 Å². The van der Waals surface area contributed by atoms with Crippen LogP contribution >= 0.6 is 0 Å². The maximum absolute atomic E-state index is 9.12. The number of rotatable bonds is 9. The van der Waals surface area contributed by atoms with Crippen LogP contribution in [0.1, 0.15) is 46.6 Å². The molecule has 0 radical (unpaired) electrons. The van der Waals surface area contributed by atoms with E-state index in [1.165, 1.54) is 4.52 Å². The maximum atomic E-state index is 9.12. The summed E-state index contributed by atoms with van der Waals surface area (Å²) in [6.45, 7) is 11.1. The Hall–Kier alpha value is -3.66. The van der Waals surface area contributed by atoms with Crippen molar-refractivity contribution in [3.8, 4) is 17.3 Å². The second-order valence-corrected chi connectivity index (χ2v) is 9.42. The normalized spacial score (nSPS) is 11.4. The molecule has 0 spiro atoms. The Balaban J connectivity index is 0.000000795. The van der Waals surface area contributed by atoms with Crippen molar-refractivity contribution in [3.63, 3.8) is 0 Å². The fraction of sp³-hybridized carbons (Fsp3) is 0.440. The van der Waals surface area contributed by atoms with E-state index in [0.29, 0.717) is 36.3 Å². The van der Waals surface area contributed by atoms with Crippen molar-refractivity contribution in [2.45, 2.75) is 53.1 Å². The first kappa shape index (κ1) is 26.0. The Morgan fingerprint density at radius 3 is 2.46 bits per heavy atom. The fourth-order valence-electron chi connectivity index (χ4n) is 3.08. The molecule has 35 heavy (non-hydrogen) atoms. The van der Waals surface area contributed by atoms with Gasteiger partial charge in [-0.2, -0.15) is 19.5 Å². The number of aliphatic hydroxyl groups is 1. The molecule has 0 saturated carbocycles. The van der Waals surface area contributed by atoms with Gasteiger partial charge in [-0.05, 0) is 56.0 Å². The number of hydrogen-bond donors (Lipinski definition) is 3. The smallest absolute Gasteiger partial charge is 0.259 e. The van der Waals surface area contributed by atoms with Gasteiger partial charge in [-0.15, -0.1) is 5.10 Å². The number of benzene rings is 1. The quantitative estimate of drug-likeness (QED) is 0.321. The van der Waals surface area contributed by atoms with Gasteiger partial charge < -0.3 is 25.3 Å². The van der Waals surface area contributed by atoms with Crippen LogP contribution in [0.15, 0.2) is 47.1 Å². The highest BCUT2D eigenvalue weighted by atomic mass is 16.5. The highest BCUT2D eigenvalue weighted by molar-refractivity contribution is 5.52. The number of aromatic nitrogens is 5. The molecule has 0 bridgehead atoms. The number of aliphatic hydroxyl groups excluding tert-OH is 1. The van der Waals surface area contributed by atoms with E-state index in [-0.39, 0.29) is 12.6 Å². The summed E-state index contributed by atoms with van der Waals surface area (Å²) in [5, 5.41) is 16.6. The number of fused-ring (bicyclic) bond motifs is 1. The molecule has 0 saturated heterocycles. The summed E-state index contributed by atoms with van der Waals surface area (Å²) in [6, 6.07) is 11.4. The van der Waals surface area contributed by atoms with E-state index in [1.54, 1.807) is 18.4 Å². The second-order valence-electron chi connectivity index (χ2n) is 9.42. The van der Waals surface area contributed by atoms with Crippen LogP contribution in [0.5, 0.6) is 5.75 Å². The molecule has 0 aliphatic rings. The molecule has 0 aliphatic heterocycles. The molecule has 0 fully saturated rings. The minimum Gasteiger partial charge on any atom is -0.488 e. The lowest BCUT2D eigenvalue weighted by atomic mass is 10.1. The van der Waals surface area contributed by atoms with E-state index in [4.69, 9.17) is 20.0 Å². The molecular weight excluding hydrogens is 446 g/mol. The van der Waals surface area contributed by atoms with E-state index in [9.17, 15) is 0 Å². The zero-order chi connectivity index (χ0) is 25.4. The molecule has 0 amide bonds. The largest absolute Gasteiger partial charge is 0.488 e. The first-order chi connectivity index (χ1) is 16.7. The zero-order valence-corrected chi connectivity index (χ0v) is 21.0. The lowest BCUT2D eigenvalue weighted by Gasteiger charge is -2.25. The van der Waals surface area contributed by atoms with Gasteiger partial charge in [0.2, 0.25) is 17.7 Å². The summed E-state index contributed by atoms with van der Waals surface area (Å²) >= 11 is 0. The van der Waals surface area contributed by atoms with Gasteiger partial charge in [-0.25, -0.2) is 0 Å². The van der Waals surface area contributed by atoms with Gasteiger partial charge in [-0.1, -0.05) is 32.9 Å². The van der Waals surface area contributed by atoms with Gasteiger partial charge in [0.1, 0.15) is 11.4 Å². The van der Waals surface area contributed by atoms with Crippen LogP contribution in [0.2, 0.25) is 0 Å². The van der Waals surface area contributed by atoms with Crippen molar-refractivity contribution < 1.29 is 14.3 Å². The Labute approximate surface area is 205 Å². The Morgan fingerprint density at radius 2 is 1.83 bits per heavy atom. The molecule has 10 nitrogen and oxygen atoms in total. The lowest BCUT2D eigenvalue weighted by molar-refractivity contribution is 0.0765. The Bertz CT molecular complexity index is 1180. The van der Waals surface area contributed by atoms with Crippen LogP contribution in [-0.4, -0.2) is 48.4 Å². The number of nitrogens with two attached hydrogens (primary N) is 1. The van der Waals surface area contributed by atoms with Crippen LogP contribution < -0.4 is 15.8 Å². The summed E-state index contributed by atoms with van der Waals surface area (Å²) in [5.74, 6) is 3.45. The number of hydrogen-bond acceptors (Lipinski definition) is 9. The van der Waals surface area contributed by atoms with Crippen molar-refractivity contribution >= 4 is 17.7 Å². The lowest BCUT2D eigenvalue weighted by Crippen LogP contribution is -2.29. The van der Waals surface area contributed by atoms with Crippen LogP contribution in [-0.2, 0) is 6.42 Å². The molecule has 3 aromatic heterocycles. The first-order valence-electron chi connectivity index (χ1n) is 11.7. The molecule has 3 heterocycles. The van der Waals surface area contributed by atoms with Gasteiger partial charge in [0.05, 0.1) is 6.26 Å². The van der Waals surface area contributed by atoms with Gasteiger partial charge >= 0.3 is 0 Å². The van der Waals surface area contributed by atoms with Crippen molar-refractivity contribution in [2.75, 3.05) is 24.2 Å². The molecule has 1 aromatic carbocycles. The Morgan fingerprint density at radius 1 is 1.11 bits per heavy atom. The van der Waals surface area contributed by atoms with E-state index >= 15 is 0 Å². The molecule has 0 aliphatic carbocycles. The van der Waals surface area contributed by atoms with E-state index in [2.05, 4.69) is 46.1 Å². The average Bonchev–Trinajstić information content (AvgIpc) is 3.44. The minimum atomic E-state index is -0.410. The average molecular weight is 482 g/mol. The molecule has 4 rings (SSSR count). The van der Waals surface area contributed by atoms with Crippen molar-refractivity contribution in [1.29, 1.82) is 0 Å². The molecule has 0 atom stereocenters. The third kappa shape index (κ3) is 7.68. The topological polar surface area (TPSA) is 137 Å². The van der Waals surface area contributed by atoms with Crippen LogP contribution in [0.25, 0.3) is 17.4 Å². The van der Waals surface area contributed by atoms with Crippen molar-refractivity contribution in [1.82, 2.24) is 24.6 Å². The number of ether oxygens (including phenoxy) is 1. The first-order valence-corrected chi connectivity index (χ1v) is 11.7. The molecular formula is C25H35N7O3. The van der Waals surface area contributed by atoms with Gasteiger partial charge in [0, 0.05) is 19.6 Å². The number of furan rings is 1. The summed E-state index contributed by atoms with van der Waals surface area (Å²) in [5.41, 5.74) is 6.73. The number of nitrogens with one attached hydrogen (secondary N) is 1. The second kappa shape index (κ2) is 11.7. The highest BCUT2D eigenvalue weighted by Crippen LogP contribution is 2.22. The predicted octanol–water partition coefficient (Wildman–Crippen LogP) is 4.22. The standard InChI is InChI=1S/C21H25N7O3.C4H10/c1-21(2,10-12-29)31-15-7-5-14(6-8-15)9-11-23-19-25-18(22)28-20(26-19)24-17(27-28)16-4-3-13-30-16;1-4(2)3/h3-8,13,29H,9-12H2,1-2H3,(H3,22,23,24,25,26,27);4H,1-3H3. The SMILES string of the molecule is CC(C)(CCO)Oc1ccc(CCNc2nc(N)n3nc(-c4ccco4)nc3n2)cc1.CC(C)C. The van der Waals surface area contributed by atoms with Crippen LogP contribution in [0.3, 0.4) is 0 Å². The molecule has 188 valence electrons. The molecule has 0 unspecified atom stereocenters. The molecule has 4 aromatic rings. The summed E-state index contributed by atoms with van der Waals surface area (Å²) in [7, 11) is 0. The monoisotopic (exact) mass is 481 g/mol. The highest BCUT2D eigenvalue weighted by Gasteiger charge is 2.19. The Kier molecular flexibility index (Phi) is 8.64. The number of anilines is 2. The van der Waals surface area contributed by atoms with Crippen molar-refractivity contribution in [2.24, 2.45) is 5.92 Å². The van der Waals surface area contributed by atoms with Gasteiger partial charge in [0.15, 0.2) is 5.76 Å². The summed E-state index contributed by atoms with van der Waals surface area (Å²) in [6.07, 6.45) is 2.89. The third-order valence-electron chi connectivity index (χ3n) is 4.70.